The first-order valence-corrected chi connectivity index (χ1v) is 3.41. The van der Waals surface area contributed by atoms with Crippen molar-refractivity contribution in [1.82, 2.24) is 4.98 Å². The van der Waals surface area contributed by atoms with Gasteiger partial charge in [0.15, 0.2) is 0 Å². The van der Waals surface area contributed by atoms with Gasteiger partial charge in [0.25, 0.3) is 0 Å². The first-order valence-electron chi connectivity index (χ1n) is 3.41. The third-order valence-electron chi connectivity index (χ3n) is 1.58. The normalized spacial score (nSPS) is 9.33. The van der Waals surface area contributed by atoms with Crippen molar-refractivity contribution in [3.63, 3.8) is 0 Å². The van der Waals surface area contributed by atoms with E-state index in [4.69, 9.17) is 5.11 Å². The number of pyridine rings is 1. The molecule has 0 atom stereocenters. The standard InChI is InChI=1S/C9H7NO.Ag/c11-9-6-5-7-3-1-2-4-8(7)10-9;/h1-6H,(H,10,11);. The van der Waals surface area contributed by atoms with Crippen molar-refractivity contribution in [3.05, 3.63) is 36.4 Å². The zero-order chi connectivity index (χ0) is 7.68. The molecule has 65 valence electrons. The zero-order valence-corrected chi connectivity index (χ0v) is 7.64. The monoisotopic (exact) mass is 252 g/mol. The Morgan fingerprint density at radius 1 is 1.00 bits per heavy atom. The van der Waals surface area contributed by atoms with Crippen LogP contribution in [0.1, 0.15) is 0 Å². The van der Waals surface area contributed by atoms with E-state index in [-0.39, 0.29) is 28.3 Å². The second kappa shape index (κ2) is 3.72. The Morgan fingerprint density at radius 3 is 2.58 bits per heavy atom. The molecule has 0 aliphatic carbocycles. The summed E-state index contributed by atoms with van der Waals surface area (Å²) >= 11 is 0. The van der Waals surface area contributed by atoms with E-state index in [1.165, 1.54) is 0 Å². The van der Waals surface area contributed by atoms with E-state index in [1.54, 1.807) is 6.07 Å². The smallest absolute Gasteiger partial charge is 0.211 e. The van der Waals surface area contributed by atoms with Crippen molar-refractivity contribution in [2.75, 3.05) is 0 Å². The van der Waals surface area contributed by atoms with Crippen molar-refractivity contribution in [2.45, 2.75) is 0 Å². The van der Waals surface area contributed by atoms with Crippen molar-refractivity contribution in [2.24, 2.45) is 0 Å². The quantitative estimate of drug-likeness (QED) is 0.728. The third-order valence-corrected chi connectivity index (χ3v) is 1.58. The zero-order valence-electron chi connectivity index (χ0n) is 6.16. The number of benzene rings is 1. The van der Waals surface area contributed by atoms with E-state index in [0.717, 1.165) is 10.9 Å². The van der Waals surface area contributed by atoms with E-state index in [1.807, 2.05) is 30.3 Å². The minimum absolute atomic E-state index is 0. The summed E-state index contributed by atoms with van der Waals surface area (Å²) in [5.41, 5.74) is 0.826. The number of fused-ring (bicyclic) bond motifs is 1. The van der Waals surface area contributed by atoms with Gasteiger partial charge in [-0.25, -0.2) is 4.98 Å². The summed E-state index contributed by atoms with van der Waals surface area (Å²) in [5, 5.41) is 10.1. The molecule has 0 saturated carbocycles. The van der Waals surface area contributed by atoms with E-state index >= 15 is 0 Å². The van der Waals surface area contributed by atoms with Gasteiger partial charge in [-0.15, -0.1) is 0 Å². The molecule has 2 rings (SSSR count). The Labute approximate surface area is 85.8 Å². The molecule has 3 heteroatoms. The van der Waals surface area contributed by atoms with Crippen LogP contribution in [0.5, 0.6) is 5.88 Å². The molecule has 1 radical (unpaired) electrons. The maximum atomic E-state index is 9.02. The van der Waals surface area contributed by atoms with Crippen LogP contribution in [0.25, 0.3) is 10.9 Å². The fourth-order valence-corrected chi connectivity index (χ4v) is 1.06. The van der Waals surface area contributed by atoms with Crippen molar-refractivity contribution < 1.29 is 27.5 Å². The number of hydrogen-bond acceptors (Lipinski definition) is 2. The van der Waals surface area contributed by atoms with Gasteiger partial charge >= 0.3 is 0 Å². The molecule has 1 aromatic heterocycles. The van der Waals surface area contributed by atoms with Crippen LogP contribution in [-0.4, -0.2) is 10.1 Å². The van der Waals surface area contributed by atoms with Gasteiger partial charge in [-0.1, -0.05) is 18.2 Å². The second-order valence-electron chi connectivity index (χ2n) is 2.36. The van der Waals surface area contributed by atoms with Gasteiger partial charge in [-0.05, 0) is 12.1 Å². The number of nitrogens with zero attached hydrogens (tertiary/aromatic N) is 1. The van der Waals surface area contributed by atoms with Gasteiger partial charge in [0.05, 0.1) is 5.52 Å². The molecule has 12 heavy (non-hydrogen) atoms. The molecule has 1 N–H and O–H groups in total. The van der Waals surface area contributed by atoms with E-state index in [9.17, 15) is 0 Å². The van der Waals surface area contributed by atoms with Crippen LogP contribution in [0.3, 0.4) is 0 Å². The Morgan fingerprint density at radius 2 is 1.75 bits per heavy atom. The summed E-state index contributed by atoms with van der Waals surface area (Å²) in [6, 6.07) is 11.1. The molecule has 0 aliphatic heterocycles. The summed E-state index contributed by atoms with van der Waals surface area (Å²) in [5.74, 6) is 0.0729. The molecule has 0 fully saturated rings. The average molecular weight is 253 g/mol. The molecule has 0 amide bonds. The fourth-order valence-electron chi connectivity index (χ4n) is 1.06. The van der Waals surface area contributed by atoms with Gasteiger partial charge in [-0.2, -0.15) is 0 Å². The van der Waals surface area contributed by atoms with Gasteiger partial charge in [-0.3, -0.25) is 0 Å². The first kappa shape index (κ1) is 9.26. The molecular formula is C9H7AgNO. The van der Waals surface area contributed by atoms with E-state index in [2.05, 4.69) is 4.98 Å². The third kappa shape index (κ3) is 1.67. The summed E-state index contributed by atoms with van der Waals surface area (Å²) in [7, 11) is 0. The van der Waals surface area contributed by atoms with Crippen LogP contribution < -0.4 is 0 Å². The van der Waals surface area contributed by atoms with Gasteiger partial charge < -0.3 is 5.11 Å². The number of para-hydroxylation sites is 1. The van der Waals surface area contributed by atoms with Crippen LogP contribution in [-0.2, 0) is 22.4 Å². The summed E-state index contributed by atoms with van der Waals surface area (Å²) in [6.07, 6.45) is 0. The van der Waals surface area contributed by atoms with Gasteiger partial charge in [0.2, 0.25) is 5.88 Å². The average Bonchev–Trinajstić information content (AvgIpc) is 2.04. The van der Waals surface area contributed by atoms with Crippen molar-refractivity contribution >= 4 is 10.9 Å². The molecular weight excluding hydrogens is 246 g/mol. The molecule has 1 heterocycles. The number of aromatic nitrogens is 1. The number of rotatable bonds is 0. The second-order valence-corrected chi connectivity index (χ2v) is 2.36. The molecule has 2 nitrogen and oxygen atoms in total. The van der Waals surface area contributed by atoms with Crippen molar-refractivity contribution in [3.8, 4) is 5.88 Å². The molecule has 1 aromatic carbocycles. The molecule has 2 aromatic rings. The number of aromatic hydroxyl groups is 1. The topological polar surface area (TPSA) is 33.1 Å². The maximum Gasteiger partial charge on any atom is 0.211 e. The molecule has 0 unspecified atom stereocenters. The summed E-state index contributed by atoms with van der Waals surface area (Å²) in [4.78, 5) is 3.93. The van der Waals surface area contributed by atoms with Crippen LogP contribution in [0.4, 0.5) is 0 Å². The van der Waals surface area contributed by atoms with Crippen LogP contribution in [0, 0.1) is 0 Å². The van der Waals surface area contributed by atoms with E-state index in [0.29, 0.717) is 0 Å². The maximum absolute atomic E-state index is 9.02. The molecule has 0 bridgehead atoms. The Bertz CT molecular complexity index is 389. The minimum Gasteiger partial charge on any atom is -0.493 e. The summed E-state index contributed by atoms with van der Waals surface area (Å²) < 4.78 is 0. The van der Waals surface area contributed by atoms with Crippen molar-refractivity contribution in [1.29, 1.82) is 0 Å². The predicted octanol–water partition coefficient (Wildman–Crippen LogP) is 1.94. The van der Waals surface area contributed by atoms with Gasteiger partial charge in [0, 0.05) is 33.8 Å². The summed E-state index contributed by atoms with van der Waals surface area (Å²) in [6.45, 7) is 0. The Hall–Kier alpha value is -0.830. The molecule has 0 aliphatic rings. The Balaban J connectivity index is 0.000000720. The number of hydrogen-bond donors (Lipinski definition) is 1. The fraction of sp³-hybridized carbons (Fsp3) is 0. The predicted molar refractivity (Wildman–Crippen MR) is 43.4 cm³/mol. The minimum atomic E-state index is 0. The first-order chi connectivity index (χ1) is 5.36. The molecule has 0 saturated heterocycles. The Kier molecular flexibility index (Phi) is 2.87. The SMILES string of the molecule is Oc1ccc2ccccc2n1.[Ag]. The molecule has 0 spiro atoms. The largest absolute Gasteiger partial charge is 0.493 e. The van der Waals surface area contributed by atoms with Crippen LogP contribution in [0.2, 0.25) is 0 Å². The van der Waals surface area contributed by atoms with E-state index < -0.39 is 0 Å². The van der Waals surface area contributed by atoms with Crippen LogP contribution >= 0.6 is 0 Å². The van der Waals surface area contributed by atoms with Crippen LogP contribution in [0.15, 0.2) is 36.4 Å². The van der Waals surface area contributed by atoms with Gasteiger partial charge in [0.1, 0.15) is 0 Å².